The summed E-state index contributed by atoms with van der Waals surface area (Å²) in [6, 6.07) is 9.02. The molecule has 2 heterocycles. The largest absolute Gasteiger partial charge is 0.359 e. The van der Waals surface area contributed by atoms with Crippen LogP contribution in [-0.2, 0) is 11.3 Å². The molecule has 3 aliphatic rings. The smallest absolute Gasteiger partial charge is 0.112 e. The Morgan fingerprint density at radius 2 is 1.87 bits per heavy atom. The molecule has 0 radical (unpaired) electrons. The second-order valence-corrected chi connectivity index (χ2v) is 8.77. The summed E-state index contributed by atoms with van der Waals surface area (Å²) in [4.78, 5) is 2.67. The molecule has 0 amide bonds. The van der Waals surface area contributed by atoms with Crippen molar-refractivity contribution in [3.05, 3.63) is 35.4 Å². The third-order valence-electron chi connectivity index (χ3n) is 6.86. The Kier molecular flexibility index (Phi) is 3.81. The maximum atomic E-state index is 6.71. The van der Waals surface area contributed by atoms with Gasteiger partial charge in [-0.15, -0.1) is 0 Å². The number of benzene rings is 1. The van der Waals surface area contributed by atoms with E-state index in [1.54, 1.807) is 0 Å². The lowest BCUT2D eigenvalue weighted by Gasteiger charge is -2.57. The van der Waals surface area contributed by atoms with Gasteiger partial charge in [0.1, 0.15) is 6.23 Å². The Hall–Kier alpha value is -0.860. The molecule has 1 saturated heterocycles. The molecule has 5 atom stereocenters. The van der Waals surface area contributed by atoms with Crippen LogP contribution in [0.3, 0.4) is 0 Å². The summed E-state index contributed by atoms with van der Waals surface area (Å²) < 4.78 is 6.71. The number of fused-ring (bicyclic) bond motifs is 3. The van der Waals surface area contributed by atoms with E-state index >= 15 is 0 Å². The molecule has 1 unspecified atom stereocenters. The van der Waals surface area contributed by atoms with E-state index in [4.69, 9.17) is 4.74 Å². The summed E-state index contributed by atoms with van der Waals surface area (Å²) in [6.07, 6.45) is 5.79. The molecule has 1 aromatic carbocycles. The van der Waals surface area contributed by atoms with Crippen LogP contribution in [0.2, 0.25) is 0 Å². The first-order valence-electron chi connectivity index (χ1n) is 9.47. The van der Waals surface area contributed by atoms with Crippen LogP contribution in [0, 0.1) is 11.8 Å². The molecule has 1 aromatic rings. The molecule has 2 nitrogen and oxygen atoms in total. The van der Waals surface area contributed by atoms with Crippen LogP contribution in [-0.4, -0.2) is 22.8 Å². The van der Waals surface area contributed by atoms with Crippen LogP contribution in [0.1, 0.15) is 70.4 Å². The summed E-state index contributed by atoms with van der Waals surface area (Å²) >= 11 is 0. The number of nitrogens with zero attached hydrogens (tertiary/aromatic N) is 1. The van der Waals surface area contributed by atoms with Gasteiger partial charge in [0.2, 0.25) is 0 Å². The van der Waals surface area contributed by atoms with Crippen molar-refractivity contribution in [2.75, 3.05) is 0 Å². The fraction of sp³-hybridized carbons (Fsp3) is 0.714. The molecule has 1 aliphatic carbocycles. The lowest BCUT2D eigenvalue weighted by Crippen LogP contribution is -2.63. The maximum absolute atomic E-state index is 6.71. The van der Waals surface area contributed by atoms with Gasteiger partial charge in [-0.1, -0.05) is 44.5 Å². The third kappa shape index (κ3) is 2.55. The fourth-order valence-corrected chi connectivity index (χ4v) is 5.41. The molecule has 4 rings (SSSR count). The van der Waals surface area contributed by atoms with Crippen molar-refractivity contribution in [3.63, 3.8) is 0 Å². The van der Waals surface area contributed by atoms with E-state index < -0.39 is 0 Å². The first-order valence-corrected chi connectivity index (χ1v) is 9.47. The Balaban J connectivity index is 1.69. The van der Waals surface area contributed by atoms with Crippen LogP contribution >= 0.6 is 0 Å². The van der Waals surface area contributed by atoms with Crippen molar-refractivity contribution in [1.82, 2.24) is 4.90 Å². The van der Waals surface area contributed by atoms with Gasteiger partial charge >= 0.3 is 0 Å². The summed E-state index contributed by atoms with van der Waals surface area (Å²) in [5.41, 5.74) is 3.25. The highest BCUT2D eigenvalue weighted by Crippen LogP contribution is 2.48. The van der Waals surface area contributed by atoms with Crippen molar-refractivity contribution < 1.29 is 4.74 Å². The maximum Gasteiger partial charge on any atom is 0.112 e. The average molecular weight is 313 g/mol. The molecule has 2 aliphatic heterocycles. The standard InChI is InChI=1S/C21H31NO/c1-14-9-10-18-19(11-14)23-20-12-15(2)17-8-6-5-7-16(17)13-22(20)21(18,3)4/h5-8,14-15,18-20H,9-13H2,1-4H3/t14-,15+,18-,19-,20?/m1/s1. The van der Waals surface area contributed by atoms with Crippen molar-refractivity contribution >= 4 is 0 Å². The van der Waals surface area contributed by atoms with E-state index in [0.717, 1.165) is 18.9 Å². The summed E-state index contributed by atoms with van der Waals surface area (Å²) in [6.45, 7) is 10.7. The van der Waals surface area contributed by atoms with Crippen LogP contribution < -0.4 is 0 Å². The average Bonchev–Trinajstić information content (AvgIpc) is 2.64. The molecule has 0 aromatic heterocycles. The van der Waals surface area contributed by atoms with Crippen LogP contribution in [0.4, 0.5) is 0 Å². The number of hydrogen-bond acceptors (Lipinski definition) is 2. The highest BCUT2D eigenvalue weighted by Gasteiger charge is 2.51. The van der Waals surface area contributed by atoms with Crippen LogP contribution in [0.25, 0.3) is 0 Å². The Morgan fingerprint density at radius 1 is 1.09 bits per heavy atom. The second-order valence-electron chi connectivity index (χ2n) is 8.77. The quantitative estimate of drug-likeness (QED) is 0.673. The number of hydrogen-bond donors (Lipinski definition) is 0. The molecular formula is C21H31NO. The predicted octanol–water partition coefficient (Wildman–Crippen LogP) is 4.94. The zero-order chi connectivity index (χ0) is 16.2. The molecule has 23 heavy (non-hydrogen) atoms. The number of ether oxygens (including phenoxy) is 1. The summed E-state index contributed by atoms with van der Waals surface area (Å²) in [5.74, 6) is 2.07. The highest BCUT2D eigenvalue weighted by atomic mass is 16.5. The van der Waals surface area contributed by atoms with Gasteiger partial charge in [-0.05, 0) is 56.1 Å². The van der Waals surface area contributed by atoms with Gasteiger partial charge in [-0.2, -0.15) is 0 Å². The first-order chi connectivity index (χ1) is 11.0. The van der Waals surface area contributed by atoms with Crippen molar-refractivity contribution in [3.8, 4) is 0 Å². The Morgan fingerprint density at radius 3 is 2.70 bits per heavy atom. The van der Waals surface area contributed by atoms with Gasteiger partial charge in [0.05, 0.1) is 6.10 Å². The van der Waals surface area contributed by atoms with E-state index in [9.17, 15) is 0 Å². The van der Waals surface area contributed by atoms with Gasteiger partial charge in [0, 0.05) is 18.0 Å². The van der Waals surface area contributed by atoms with E-state index in [-0.39, 0.29) is 11.8 Å². The molecule has 0 spiro atoms. The van der Waals surface area contributed by atoms with E-state index in [1.165, 1.54) is 30.4 Å². The van der Waals surface area contributed by atoms with Gasteiger partial charge in [-0.3, -0.25) is 4.90 Å². The molecule has 2 fully saturated rings. The normalized spacial score (nSPS) is 39.7. The van der Waals surface area contributed by atoms with Gasteiger partial charge in [0.25, 0.3) is 0 Å². The molecular weight excluding hydrogens is 282 g/mol. The van der Waals surface area contributed by atoms with Gasteiger partial charge < -0.3 is 4.74 Å². The minimum Gasteiger partial charge on any atom is -0.359 e. The van der Waals surface area contributed by atoms with Crippen molar-refractivity contribution in [2.24, 2.45) is 11.8 Å². The van der Waals surface area contributed by atoms with Crippen molar-refractivity contribution in [1.29, 1.82) is 0 Å². The van der Waals surface area contributed by atoms with E-state index in [2.05, 4.69) is 56.9 Å². The van der Waals surface area contributed by atoms with Crippen molar-refractivity contribution in [2.45, 2.75) is 83.7 Å². The molecule has 1 saturated carbocycles. The zero-order valence-corrected chi connectivity index (χ0v) is 15.1. The monoisotopic (exact) mass is 313 g/mol. The minimum atomic E-state index is 0.227. The van der Waals surface area contributed by atoms with Crippen LogP contribution in [0.5, 0.6) is 0 Å². The fourth-order valence-electron chi connectivity index (χ4n) is 5.41. The van der Waals surface area contributed by atoms with Crippen LogP contribution in [0.15, 0.2) is 24.3 Å². The van der Waals surface area contributed by atoms with E-state index in [0.29, 0.717) is 17.9 Å². The molecule has 126 valence electrons. The first kappa shape index (κ1) is 15.7. The Labute approximate surface area is 141 Å². The summed E-state index contributed by atoms with van der Waals surface area (Å²) in [7, 11) is 0. The minimum absolute atomic E-state index is 0.227. The lowest BCUT2D eigenvalue weighted by molar-refractivity contribution is -0.238. The lowest BCUT2D eigenvalue weighted by atomic mass is 9.69. The molecule has 0 bridgehead atoms. The SMILES string of the molecule is C[C@@H]1CC[C@@H]2[C@@H](C1)OC1C[C@H](C)c3ccccc3CN1C2(C)C. The second kappa shape index (κ2) is 5.60. The molecule has 2 heteroatoms. The van der Waals surface area contributed by atoms with E-state index in [1.807, 2.05) is 0 Å². The molecule has 0 N–H and O–H groups in total. The zero-order valence-electron chi connectivity index (χ0n) is 15.1. The topological polar surface area (TPSA) is 12.5 Å². The predicted molar refractivity (Wildman–Crippen MR) is 94.3 cm³/mol. The van der Waals surface area contributed by atoms with Gasteiger partial charge in [0.15, 0.2) is 0 Å². The summed E-state index contributed by atoms with van der Waals surface area (Å²) in [5, 5.41) is 0. The number of rotatable bonds is 0. The Bertz CT molecular complexity index is 581. The third-order valence-corrected chi connectivity index (χ3v) is 6.86. The highest BCUT2D eigenvalue weighted by molar-refractivity contribution is 5.31. The van der Waals surface area contributed by atoms with Gasteiger partial charge in [-0.25, -0.2) is 0 Å².